The first-order valence-corrected chi connectivity index (χ1v) is 5.97. The molecule has 0 unspecified atom stereocenters. The number of hydrogen-bond acceptors (Lipinski definition) is 4. The molecule has 0 atom stereocenters. The lowest BCUT2D eigenvalue weighted by Crippen LogP contribution is -1.79. The van der Waals surface area contributed by atoms with Gasteiger partial charge in [0.25, 0.3) is 0 Å². The van der Waals surface area contributed by atoms with Gasteiger partial charge in [0.15, 0.2) is 5.76 Å². The van der Waals surface area contributed by atoms with E-state index in [0.717, 1.165) is 11.1 Å². The molecule has 0 spiro atoms. The molecule has 0 aliphatic rings. The molecule has 0 saturated carbocycles. The number of aromatic hydroxyl groups is 1. The first kappa shape index (κ1) is 11.7. The Balaban J connectivity index is 1.95. The van der Waals surface area contributed by atoms with E-state index < -0.39 is 0 Å². The summed E-state index contributed by atoms with van der Waals surface area (Å²) >= 11 is 5.73. The molecule has 3 aromatic rings. The molecule has 2 aromatic heterocycles. The fourth-order valence-electron chi connectivity index (χ4n) is 1.67. The first-order chi connectivity index (χ1) is 9.22. The molecular formula is C14H9ClN2O2. The summed E-state index contributed by atoms with van der Waals surface area (Å²) in [5.41, 5.74) is 1.60. The van der Waals surface area contributed by atoms with E-state index in [0.29, 0.717) is 16.8 Å². The van der Waals surface area contributed by atoms with Crippen molar-refractivity contribution in [3.05, 3.63) is 53.9 Å². The van der Waals surface area contributed by atoms with E-state index in [9.17, 15) is 5.11 Å². The lowest BCUT2D eigenvalue weighted by atomic mass is 10.2. The van der Waals surface area contributed by atoms with Gasteiger partial charge in [0.2, 0.25) is 5.89 Å². The predicted molar refractivity (Wildman–Crippen MR) is 71.8 cm³/mol. The van der Waals surface area contributed by atoms with Crippen LogP contribution in [0.1, 0.15) is 0 Å². The van der Waals surface area contributed by atoms with Gasteiger partial charge < -0.3 is 9.52 Å². The molecule has 2 heterocycles. The highest BCUT2D eigenvalue weighted by molar-refractivity contribution is 6.29. The van der Waals surface area contributed by atoms with Crippen LogP contribution in [0.5, 0.6) is 5.75 Å². The van der Waals surface area contributed by atoms with Crippen molar-refractivity contribution in [1.82, 2.24) is 9.97 Å². The minimum atomic E-state index is 0.213. The van der Waals surface area contributed by atoms with Gasteiger partial charge in [0.1, 0.15) is 10.9 Å². The van der Waals surface area contributed by atoms with Crippen LogP contribution in [0.2, 0.25) is 5.15 Å². The molecule has 0 amide bonds. The molecule has 4 nitrogen and oxygen atoms in total. The summed E-state index contributed by atoms with van der Waals surface area (Å²) < 4.78 is 5.66. The molecule has 0 aliphatic carbocycles. The summed E-state index contributed by atoms with van der Waals surface area (Å²) in [6, 6.07) is 10.2. The second-order valence-corrected chi connectivity index (χ2v) is 4.33. The Morgan fingerprint density at radius 2 is 1.63 bits per heavy atom. The minimum absolute atomic E-state index is 0.213. The summed E-state index contributed by atoms with van der Waals surface area (Å²) in [6.07, 6.45) is 3.24. The summed E-state index contributed by atoms with van der Waals surface area (Å²) in [7, 11) is 0. The highest BCUT2D eigenvalue weighted by Gasteiger charge is 2.08. The molecule has 3 rings (SSSR count). The fourth-order valence-corrected chi connectivity index (χ4v) is 1.78. The molecular weight excluding hydrogens is 264 g/mol. The monoisotopic (exact) mass is 272 g/mol. The zero-order valence-electron chi connectivity index (χ0n) is 9.75. The third kappa shape index (κ3) is 2.44. The molecule has 0 radical (unpaired) electrons. The van der Waals surface area contributed by atoms with Crippen LogP contribution in [0.15, 0.2) is 53.2 Å². The van der Waals surface area contributed by atoms with Crippen molar-refractivity contribution in [2.24, 2.45) is 0 Å². The number of phenolic OH excluding ortho intramolecular Hbond substituents is 1. The maximum atomic E-state index is 9.25. The summed E-state index contributed by atoms with van der Waals surface area (Å²) in [5, 5.41) is 9.67. The Labute approximate surface area is 114 Å². The van der Waals surface area contributed by atoms with Crippen molar-refractivity contribution in [3.63, 3.8) is 0 Å². The van der Waals surface area contributed by atoms with E-state index in [1.54, 1.807) is 48.8 Å². The van der Waals surface area contributed by atoms with Crippen LogP contribution in [0.3, 0.4) is 0 Å². The normalized spacial score (nSPS) is 10.6. The van der Waals surface area contributed by atoms with Gasteiger partial charge in [0, 0.05) is 11.8 Å². The lowest BCUT2D eigenvalue weighted by Gasteiger charge is -1.97. The fraction of sp³-hybridized carbons (Fsp3) is 0. The quantitative estimate of drug-likeness (QED) is 0.722. The van der Waals surface area contributed by atoms with Gasteiger partial charge in [0.05, 0.1) is 11.8 Å². The Morgan fingerprint density at radius 1 is 0.895 bits per heavy atom. The van der Waals surface area contributed by atoms with Crippen molar-refractivity contribution in [3.8, 4) is 28.5 Å². The summed E-state index contributed by atoms with van der Waals surface area (Å²) in [6.45, 7) is 0. The van der Waals surface area contributed by atoms with Crippen LogP contribution in [0, 0.1) is 0 Å². The molecule has 0 aliphatic heterocycles. The van der Waals surface area contributed by atoms with Crippen molar-refractivity contribution in [2.45, 2.75) is 0 Å². The number of rotatable bonds is 2. The van der Waals surface area contributed by atoms with Crippen LogP contribution < -0.4 is 0 Å². The zero-order valence-corrected chi connectivity index (χ0v) is 10.5. The van der Waals surface area contributed by atoms with Crippen LogP contribution in [0.25, 0.3) is 22.8 Å². The van der Waals surface area contributed by atoms with Gasteiger partial charge in [-0.05, 0) is 36.4 Å². The molecule has 0 fully saturated rings. The number of pyridine rings is 1. The second-order valence-electron chi connectivity index (χ2n) is 3.95. The first-order valence-electron chi connectivity index (χ1n) is 5.59. The van der Waals surface area contributed by atoms with Gasteiger partial charge in [-0.15, -0.1) is 0 Å². The van der Waals surface area contributed by atoms with Crippen LogP contribution in [-0.4, -0.2) is 15.1 Å². The lowest BCUT2D eigenvalue weighted by molar-refractivity contribution is 0.475. The van der Waals surface area contributed by atoms with Gasteiger partial charge >= 0.3 is 0 Å². The Hall–Kier alpha value is -2.33. The van der Waals surface area contributed by atoms with E-state index in [1.165, 1.54) is 0 Å². The van der Waals surface area contributed by atoms with E-state index in [2.05, 4.69) is 9.97 Å². The van der Waals surface area contributed by atoms with Gasteiger partial charge in [-0.1, -0.05) is 11.6 Å². The third-order valence-corrected chi connectivity index (χ3v) is 2.86. The maximum absolute atomic E-state index is 9.25. The molecule has 1 N–H and O–H groups in total. The van der Waals surface area contributed by atoms with Crippen LogP contribution in [0.4, 0.5) is 0 Å². The third-order valence-electron chi connectivity index (χ3n) is 2.63. The Morgan fingerprint density at radius 3 is 2.32 bits per heavy atom. The van der Waals surface area contributed by atoms with E-state index in [4.69, 9.17) is 16.0 Å². The second kappa shape index (κ2) is 4.74. The molecule has 0 saturated heterocycles. The van der Waals surface area contributed by atoms with Crippen molar-refractivity contribution >= 4 is 11.6 Å². The van der Waals surface area contributed by atoms with Crippen molar-refractivity contribution < 1.29 is 9.52 Å². The number of hydrogen-bond donors (Lipinski definition) is 1. The molecule has 0 bridgehead atoms. The summed E-state index contributed by atoms with van der Waals surface area (Å²) in [4.78, 5) is 8.18. The Kier molecular flexibility index (Phi) is 2.93. The van der Waals surface area contributed by atoms with Gasteiger partial charge in [-0.25, -0.2) is 9.97 Å². The van der Waals surface area contributed by atoms with E-state index in [1.807, 2.05) is 0 Å². The highest BCUT2D eigenvalue weighted by atomic mass is 35.5. The molecule has 1 aromatic carbocycles. The van der Waals surface area contributed by atoms with Gasteiger partial charge in [-0.2, -0.15) is 0 Å². The molecule has 5 heteroatoms. The zero-order chi connectivity index (χ0) is 13.2. The largest absolute Gasteiger partial charge is 0.508 e. The topological polar surface area (TPSA) is 59.2 Å². The minimum Gasteiger partial charge on any atom is -0.508 e. The number of phenols is 1. The highest BCUT2D eigenvalue weighted by Crippen LogP contribution is 2.27. The van der Waals surface area contributed by atoms with E-state index >= 15 is 0 Å². The SMILES string of the molecule is Oc1ccc(-c2cnc(-c3ccc(Cl)nc3)o2)cc1. The molecule has 94 valence electrons. The van der Waals surface area contributed by atoms with Gasteiger partial charge in [-0.3, -0.25) is 0 Å². The number of nitrogens with zero attached hydrogens (tertiary/aromatic N) is 2. The van der Waals surface area contributed by atoms with Crippen molar-refractivity contribution in [2.75, 3.05) is 0 Å². The maximum Gasteiger partial charge on any atom is 0.228 e. The van der Waals surface area contributed by atoms with E-state index in [-0.39, 0.29) is 5.75 Å². The average molecular weight is 273 g/mol. The smallest absolute Gasteiger partial charge is 0.228 e. The standard InChI is InChI=1S/C14H9ClN2O2/c15-13-6-3-10(7-16-13)14-17-8-12(19-14)9-1-4-11(18)5-2-9/h1-8,18H. The number of oxazole rings is 1. The van der Waals surface area contributed by atoms with Crippen LogP contribution >= 0.6 is 11.6 Å². The van der Waals surface area contributed by atoms with Crippen LogP contribution in [-0.2, 0) is 0 Å². The molecule has 19 heavy (non-hydrogen) atoms. The predicted octanol–water partition coefficient (Wildman–Crippen LogP) is 3.76. The summed E-state index contributed by atoms with van der Waals surface area (Å²) in [5.74, 6) is 1.32. The van der Waals surface area contributed by atoms with Crippen molar-refractivity contribution in [1.29, 1.82) is 0 Å². The number of halogens is 1. The number of benzene rings is 1. The number of aromatic nitrogens is 2. The average Bonchev–Trinajstić information content (AvgIpc) is 2.90. The Bertz CT molecular complexity index is 630.